The van der Waals surface area contributed by atoms with Crippen LogP contribution in [0.5, 0.6) is 0 Å². The topological polar surface area (TPSA) is 50.6 Å². The second-order valence-corrected chi connectivity index (χ2v) is 9.00. The number of likely N-dealkylation sites (tertiary alicyclic amines) is 1. The summed E-state index contributed by atoms with van der Waals surface area (Å²) in [5, 5.41) is 0. The summed E-state index contributed by atoms with van der Waals surface area (Å²) in [6, 6.07) is 13.8. The van der Waals surface area contributed by atoms with E-state index in [9.17, 15) is 21.6 Å². The van der Waals surface area contributed by atoms with E-state index < -0.39 is 21.8 Å². The van der Waals surface area contributed by atoms with Crippen LogP contribution in [0.15, 0.2) is 59.5 Å². The van der Waals surface area contributed by atoms with Gasteiger partial charge in [-0.2, -0.15) is 13.2 Å². The van der Waals surface area contributed by atoms with Gasteiger partial charge in [-0.1, -0.05) is 30.3 Å². The fraction of sp³-hybridized carbons (Fsp3) is 0.400. The number of nitrogens with one attached hydrogen (secondary N) is 2. The number of rotatable bonds is 6. The molecule has 4 nitrogen and oxygen atoms in total. The number of benzene rings is 2. The molecule has 0 spiro atoms. The van der Waals surface area contributed by atoms with Crippen molar-refractivity contribution in [1.29, 1.82) is 0 Å². The molecule has 1 fully saturated rings. The van der Waals surface area contributed by atoms with Gasteiger partial charge in [0.15, 0.2) is 0 Å². The van der Waals surface area contributed by atoms with E-state index in [-0.39, 0.29) is 10.8 Å². The highest BCUT2D eigenvalue weighted by atomic mass is 32.2. The zero-order valence-electron chi connectivity index (χ0n) is 15.4. The number of hydrogen-bond donors (Lipinski definition) is 2. The summed E-state index contributed by atoms with van der Waals surface area (Å²) in [6.07, 6.45) is -2.65. The minimum Gasteiger partial charge on any atom is -0.331 e. The number of halogens is 3. The Morgan fingerprint density at radius 1 is 0.964 bits per heavy atom. The highest BCUT2D eigenvalue weighted by Gasteiger charge is 2.31. The highest BCUT2D eigenvalue weighted by molar-refractivity contribution is 7.89. The highest BCUT2D eigenvalue weighted by Crippen LogP contribution is 2.29. The molecule has 28 heavy (non-hydrogen) atoms. The minimum absolute atomic E-state index is 0.146. The maximum atomic E-state index is 12.6. The number of quaternary nitrogens is 1. The van der Waals surface area contributed by atoms with Crippen LogP contribution in [0.4, 0.5) is 13.2 Å². The average molecular weight is 413 g/mol. The van der Waals surface area contributed by atoms with Crippen LogP contribution in [0.1, 0.15) is 24.0 Å². The van der Waals surface area contributed by atoms with Gasteiger partial charge in [0, 0.05) is 24.9 Å². The summed E-state index contributed by atoms with van der Waals surface area (Å²) in [5.74, 6) is 0.240. The fourth-order valence-electron chi connectivity index (χ4n) is 3.49. The number of sulfonamides is 1. The summed E-state index contributed by atoms with van der Waals surface area (Å²) in [5.41, 5.74) is 0.430. The molecule has 0 bridgehead atoms. The van der Waals surface area contributed by atoms with Gasteiger partial charge in [-0.3, -0.25) is 0 Å². The molecule has 0 radical (unpaired) electrons. The fourth-order valence-corrected chi connectivity index (χ4v) is 4.60. The Morgan fingerprint density at radius 2 is 1.57 bits per heavy atom. The number of alkyl halides is 3. The first-order valence-electron chi connectivity index (χ1n) is 9.28. The van der Waals surface area contributed by atoms with Gasteiger partial charge in [0.05, 0.1) is 23.5 Å². The van der Waals surface area contributed by atoms with Crippen LogP contribution in [0, 0.1) is 5.92 Å². The normalized spacial score (nSPS) is 20.8. The third-order valence-corrected chi connectivity index (χ3v) is 6.60. The number of piperidine rings is 1. The molecular weight excluding hydrogens is 389 g/mol. The molecule has 0 unspecified atom stereocenters. The number of hydrogen-bond acceptors (Lipinski definition) is 2. The summed E-state index contributed by atoms with van der Waals surface area (Å²) in [7, 11) is -3.81. The molecule has 0 saturated carbocycles. The Kier molecular flexibility index (Phi) is 6.42. The first kappa shape index (κ1) is 20.8. The molecule has 152 valence electrons. The van der Waals surface area contributed by atoms with Crippen LogP contribution in [0.2, 0.25) is 0 Å². The lowest BCUT2D eigenvalue weighted by Gasteiger charge is -2.29. The van der Waals surface area contributed by atoms with Crippen molar-refractivity contribution in [3.63, 3.8) is 0 Å². The molecule has 3 rings (SSSR count). The first-order chi connectivity index (χ1) is 13.2. The van der Waals surface area contributed by atoms with Crippen LogP contribution in [-0.4, -0.2) is 28.1 Å². The average Bonchev–Trinajstić information content (AvgIpc) is 2.68. The van der Waals surface area contributed by atoms with Crippen LogP contribution in [0.25, 0.3) is 0 Å². The Hall–Kier alpha value is -1.90. The van der Waals surface area contributed by atoms with Gasteiger partial charge in [-0.15, -0.1) is 0 Å². The lowest BCUT2D eigenvalue weighted by Crippen LogP contribution is -3.11. The Balaban J connectivity index is 1.49. The van der Waals surface area contributed by atoms with E-state index in [1.807, 2.05) is 18.2 Å². The second kappa shape index (κ2) is 8.63. The van der Waals surface area contributed by atoms with E-state index in [1.54, 1.807) is 0 Å². The molecular formula is C20H24F3N2O2S+. The van der Waals surface area contributed by atoms with Crippen molar-refractivity contribution in [2.24, 2.45) is 5.92 Å². The van der Waals surface area contributed by atoms with Crippen molar-refractivity contribution in [2.75, 3.05) is 19.6 Å². The lowest BCUT2D eigenvalue weighted by atomic mass is 9.97. The second-order valence-electron chi connectivity index (χ2n) is 7.23. The molecule has 1 aliphatic rings. The van der Waals surface area contributed by atoms with Crippen molar-refractivity contribution >= 4 is 10.0 Å². The maximum absolute atomic E-state index is 12.6. The van der Waals surface area contributed by atoms with Crippen molar-refractivity contribution in [1.82, 2.24) is 4.72 Å². The monoisotopic (exact) mass is 413 g/mol. The van der Waals surface area contributed by atoms with Gasteiger partial charge in [0.25, 0.3) is 0 Å². The third-order valence-electron chi connectivity index (χ3n) is 5.16. The maximum Gasteiger partial charge on any atom is 0.416 e. The van der Waals surface area contributed by atoms with Gasteiger partial charge in [-0.25, -0.2) is 13.1 Å². The molecule has 0 aromatic heterocycles. The Bertz CT molecular complexity index is 861. The summed E-state index contributed by atoms with van der Waals surface area (Å²) in [6.45, 7) is 3.22. The van der Waals surface area contributed by atoms with E-state index in [0.717, 1.165) is 56.7 Å². The van der Waals surface area contributed by atoms with E-state index >= 15 is 0 Å². The van der Waals surface area contributed by atoms with Crippen molar-refractivity contribution < 1.29 is 26.5 Å². The lowest BCUT2D eigenvalue weighted by molar-refractivity contribution is -0.919. The smallest absolute Gasteiger partial charge is 0.331 e. The molecule has 0 atom stereocenters. The summed E-state index contributed by atoms with van der Waals surface area (Å²) in [4.78, 5) is 1.33. The van der Waals surface area contributed by atoms with Gasteiger partial charge in [0.1, 0.15) is 6.54 Å². The van der Waals surface area contributed by atoms with Gasteiger partial charge < -0.3 is 4.90 Å². The predicted molar refractivity (Wildman–Crippen MR) is 100 cm³/mol. The van der Waals surface area contributed by atoms with E-state index in [2.05, 4.69) is 16.9 Å². The summed E-state index contributed by atoms with van der Waals surface area (Å²) < 4.78 is 65.1. The molecule has 2 N–H and O–H groups in total. The molecule has 1 aliphatic heterocycles. The standard InChI is InChI=1S/C20H23F3N2O2S/c21-20(22,23)18-6-8-19(9-7-18)28(26,27)24-14-16-10-12-25(13-11-16)15-17-4-2-1-3-5-17/h1-9,16,24H,10-15H2/p+1. The Labute approximate surface area is 163 Å². The van der Waals surface area contributed by atoms with Crippen LogP contribution in [0.3, 0.4) is 0 Å². The quantitative estimate of drug-likeness (QED) is 0.765. The third kappa shape index (κ3) is 5.56. The molecule has 0 amide bonds. The van der Waals surface area contributed by atoms with E-state index in [0.29, 0.717) is 6.54 Å². The molecule has 2 aromatic carbocycles. The van der Waals surface area contributed by atoms with Gasteiger partial charge >= 0.3 is 6.18 Å². The largest absolute Gasteiger partial charge is 0.416 e. The zero-order valence-corrected chi connectivity index (χ0v) is 16.2. The Morgan fingerprint density at radius 3 is 2.14 bits per heavy atom. The molecule has 1 heterocycles. The van der Waals surface area contributed by atoms with E-state index in [1.165, 1.54) is 10.5 Å². The SMILES string of the molecule is O=S(=O)(NCC1CC[NH+](Cc2ccccc2)CC1)c1ccc(C(F)(F)F)cc1. The van der Waals surface area contributed by atoms with Crippen LogP contribution < -0.4 is 9.62 Å². The van der Waals surface area contributed by atoms with Crippen molar-refractivity contribution in [3.8, 4) is 0 Å². The van der Waals surface area contributed by atoms with E-state index in [4.69, 9.17) is 0 Å². The molecule has 1 saturated heterocycles. The van der Waals surface area contributed by atoms with Crippen LogP contribution >= 0.6 is 0 Å². The van der Waals surface area contributed by atoms with Gasteiger partial charge in [0.2, 0.25) is 10.0 Å². The van der Waals surface area contributed by atoms with Crippen molar-refractivity contribution in [2.45, 2.75) is 30.5 Å². The molecule has 0 aliphatic carbocycles. The van der Waals surface area contributed by atoms with Crippen molar-refractivity contribution in [3.05, 3.63) is 65.7 Å². The van der Waals surface area contributed by atoms with Crippen LogP contribution in [-0.2, 0) is 22.7 Å². The first-order valence-corrected chi connectivity index (χ1v) is 10.8. The summed E-state index contributed by atoms with van der Waals surface area (Å²) >= 11 is 0. The molecule has 2 aromatic rings. The van der Waals surface area contributed by atoms with Gasteiger partial charge in [-0.05, 0) is 30.2 Å². The minimum atomic E-state index is -4.48. The predicted octanol–water partition coefficient (Wildman–Crippen LogP) is 2.48. The zero-order chi connectivity index (χ0) is 20.2. The molecule has 8 heteroatoms.